The molecule has 186 valence electrons. The fourth-order valence-electron chi connectivity index (χ4n) is 5.56. The number of amides is 2. The highest BCUT2D eigenvalue weighted by Crippen LogP contribution is 2.44. The maximum absolute atomic E-state index is 13.3. The first-order valence-corrected chi connectivity index (χ1v) is 12.4. The third-order valence-corrected chi connectivity index (χ3v) is 7.73. The SMILES string of the molecule is CC(C)C(CNC(=O)OCC1c2ccccc2-c2ccccc21)C(=O)N(C)C1(C(=O)O)CCCC1. The molecule has 1 atom stereocenters. The van der Waals surface area contributed by atoms with Crippen molar-refractivity contribution < 1.29 is 24.2 Å². The van der Waals surface area contributed by atoms with Gasteiger partial charge in [0.1, 0.15) is 12.1 Å². The van der Waals surface area contributed by atoms with Gasteiger partial charge in [-0.1, -0.05) is 75.2 Å². The van der Waals surface area contributed by atoms with Gasteiger partial charge in [-0.2, -0.15) is 0 Å². The van der Waals surface area contributed by atoms with E-state index in [-0.39, 0.29) is 30.9 Å². The number of rotatable bonds is 8. The average Bonchev–Trinajstić information content (AvgIpc) is 3.46. The molecule has 4 rings (SSSR count). The maximum atomic E-state index is 13.3. The first-order valence-electron chi connectivity index (χ1n) is 12.4. The zero-order valence-electron chi connectivity index (χ0n) is 20.6. The highest BCUT2D eigenvalue weighted by molar-refractivity contribution is 5.88. The van der Waals surface area contributed by atoms with E-state index in [1.165, 1.54) is 4.90 Å². The molecule has 0 spiro atoms. The summed E-state index contributed by atoms with van der Waals surface area (Å²) in [4.78, 5) is 39.4. The molecule has 1 fully saturated rings. The number of benzene rings is 2. The topological polar surface area (TPSA) is 95.9 Å². The summed E-state index contributed by atoms with van der Waals surface area (Å²) in [6.07, 6.45) is 1.90. The molecule has 2 aromatic rings. The molecule has 7 nitrogen and oxygen atoms in total. The van der Waals surface area contributed by atoms with Gasteiger partial charge in [-0.05, 0) is 41.0 Å². The quantitative estimate of drug-likeness (QED) is 0.576. The number of nitrogens with zero attached hydrogens (tertiary/aromatic N) is 1. The van der Waals surface area contributed by atoms with Gasteiger partial charge in [0.2, 0.25) is 5.91 Å². The number of carboxylic acid groups (broad SMARTS) is 1. The zero-order valence-corrected chi connectivity index (χ0v) is 20.6. The molecular weight excluding hydrogens is 444 g/mol. The maximum Gasteiger partial charge on any atom is 0.407 e. The lowest BCUT2D eigenvalue weighted by Gasteiger charge is -2.38. The molecular formula is C28H34N2O5. The molecule has 0 bridgehead atoms. The van der Waals surface area contributed by atoms with Gasteiger partial charge in [-0.15, -0.1) is 0 Å². The Morgan fingerprint density at radius 2 is 1.57 bits per heavy atom. The molecule has 1 unspecified atom stereocenters. The number of carbonyl (C=O) groups is 3. The molecule has 1 saturated carbocycles. The van der Waals surface area contributed by atoms with E-state index in [1.807, 2.05) is 38.1 Å². The Hall–Kier alpha value is -3.35. The van der Waals surface area contributed by atoms with Crippen LogP contribution < -0.4 is 5.32 Å². The summed E-state index contributed by atoms with van der Waals surface area (Å²) in [5.41, 5.74) is 3.42. The van der Waals surface area contributed by atoms with Gasteiger partial charge in [0, 0.05) is 19.5 Å². The van der Waals surface area contributed by atoms with Gasteiger partial charge in [0.05, 0.1) is 5.92 Å². The number of hydrogen-bond donors (Lipinski definition) is 2. The third-order valence-electron chi connectivity index (χ3n) is 7.73. The van der Waals surface area contributed by atoms with Crippen molar-refractivity contribution in [2.24, 2.45) is 11.8 Å². The van der Waals surface area contributed by atoms with Crippen molar-refractivity contribution in [1.82, 2.24) is 10.2 Å². The van der Waals surface area contributed by atoms with Crippen LogP contribution in [0, 0.1) is 11.8 Å². The lowest BCUT2D eigenvalue weighted by Crippen LogP contribution is -2.56. The van der Waals surface area contributed by atoms with Crippen LogP contribution in [0.25, 0.3) is 11.1 Å². The number of fused-ring (bicyclic) bond motifs is 3. The Morgan fingerprint density at radius 3 is 2.09 bits per heavy atom. The predicted molar refractivity (Wildman–Crippen MR) is 133 cm³/mol. The fourth-order valence-corrected chi connectivity index (χ4v) is 5.56. The molecule has 0 heterocycles. The molecule has 0 aromatic heterocycles. The van der Waals surface area contributed by atoms with Crippen molar-refractivity contribution in [3.05, 3.63) is 59.7 Å². The number of aliphatic carboxylic acids is 1. The summed E-state index contributed by atoms with van der Waals surface area (Å²) < 4.78 is 5.60. The first kappa shape index (κ1) is 24.8. The molecule has 0 saturated heterocycles. The number of carbonyl (C=O) groups excluding carboxylic acids is 2. The third kappa shape index (κ3) is 4.64. The van der Waals surface area contributed by atoms with Gasteiger partial charge in [0.25, 0.3) is 0 Å². The number of alkyl carbamates (subject to hydrolysis) is 1. The lowest BCUT2D eigenvalue weighted by atomic mass is 9.89. The van der Waals surface area contributed by atoms with Crippen molar-refractivity contribution in [2.75, 3.05) is 20.2 Å². The van der Waals surface area contributed by atoms with Crippen LogP contribution in [0.15, 0.2) is 48.5 Å². The van der Waals surface area contributed by atoms with Gasteiger partial charge in [0.15, 0.2) is 0 Å². The van der Waals surface area contributed by atoms with E-state index in [0.29, 0.717) is 12.8 Å². The van der Waals surface area contributed by atoms with Crippen LogP contribution >= 0.6 is 0 Å². The van der Waals surface area contributed by atoms with Crippen LogP contribution in [-0.4, -0.2) is 53.7 Å². The van der Waals surface area contributed by atoms with E-state index in [9.17, 15) is 19.5 Å². The van der Waals surface area contributed by atoms with Gasteiger partial charge in [-0.25, -0.2) is 9.59 Å². The molecule has 2 aromatic carbocycles. The minimum Gasteiger partial charge on any atom is -0.479 e. The molecule has 2 N–H and O–H groups in total. The second-order valence-electron chi connectivity index (χ2n) is 10.00. The second-order valence-corrected chi connectivity index (χ2v) is 10.00. The van der Waals surface area contributed by atoms with Crippen LogP contribution in [0.2, 0.25) is 0 Å². The Balaban J connectivity index is 1.38. The molecule has 7 heteroatoms. The highest BCUT2D eigenvalue weighted by atomic mass is 16.5. The second kappa shape index (κ2) is 10.1. The summed E-state index contributed by atoms with van der Waals surface area (Å²) in [5.74, 6) is -1.89. The van der Waals surface area contributed by atoms with Crippen molar-refractivity contribution in [2.45, 2.75) is 51.0 Å². The summed E-state index contributed by atoms with van der Waals surface area (Å²) in [5, 5.41) is 12.6. The number of hydrogen-bond acceptors (Lipinski definition) is 4. The Bertz CT molecular complexity index is 1060. The Kier molecular flexibility index (Phi) is 7.15. The number of ether oxygens (including phenoxy) is 1. The smallest absolute Gasteiger partial charge is 0.407 e. The van der Waals surface area contributed by atoms with Crippen LogP contribution in [0.1, 0.15) is 56.6 Å². The van der Waals surface area contributed by atoms with Crippen molar-refractivity contribution in [3.63, 3.8) is 0 Å². The number of likely N-dealkylation sites (N-methyl/N-ethyl adjacent to an activating group) is 1. The standard InChI is InChI=1S/C28H34N2O5/c1-18(2)23(25(31)30(3)28(26(32)33)14-8-9-15-28)16-29-27(34)35-17-24-21-12-6-4-10-19(21)20-11-5-7-13-22(20)24/h4-7,10-13,18,23-24H,8-9,14-17H2,1-3H3,(H,29,34)(H,32,33). The highest BCUT2D eigenvalue weighted by Gasteiger charge is 2.48. The number of nitrogens with one attached hydrogen (secondary N) is 1. The molecule has 0 aliphatic heterocycles. The minimum absolute atomic E-state index is 0.0420. The zero-order chi connectivity index (χ0) is 25.2. The molecule has 2 amide bonds. The van der Waals surface area contributed by atoms with Gasteiger partial charge in [-0.3, -0.25) is 4.79 Å². The van der Waals surface area contributed by atoms with Crippen LogP contribution in [0.4, 0.5) is 4.79 Å². The summed E-state index contributed by atoms with van der Waals surface area (Å²) in [6.45, 7) is 4.09. The molecule has 35 heavy (non-hydrogen) atoms. The van der Waals surface area contributed by atoms with E-state index in [4.69, 9.17) is 4.74 Å². The normalized spacial score (nSPS) is 16.9. The first-order chi connectivity index (χ1) is 16.8. The van der Waals surface area contributed by atoms with E-state index < -0.39 is 23.5 Å². The fraction of sp³-hybridized carbons (Fsp3) is 0.464. The molecule has 2 aliphatic rings. The Labute approximate surface area is 206 Å². The molecule has 0 radical (unpaired) electrons. The van der Waals surface area contributed by atoms with E-state index in [0.717, 1.165) is 35.1 Å². The van der Waals surface area contributed by atoms with Crippen molar-refractivity contribution in [3.8, 4) is 11.1 Å². The lowest BCUT2D eigenvalue weighted by molar-refractivity contribution is -0.159. The molecule has 2 aliphatic carbocycles. The summed E-state index contributed by atoms with van der Waals surface area (Å²) >= 11 is 0. The Morgan fingerprint density at radius 1 is 1.03 bits per heavy atom. The average molecular weight is 479 g/mol. The van der Waals surface area contributed by atoms with Crippen molar-refractivity contribution in [1.29, 1.82) is 0 Å². The predicted octanol–water partition coefficient (Wildman–Crippen LogP) is 4.65. The van der Waals surface area contributed by atoms with E-state index in [1.54, 1.807) is 7.05 Å². The van der Waals surface area contributed by atoms with Gasteiger partial charge < -0.3 is 20.1 Å². The summed E-state index contributed by atoms with van der Waals surface area (Å²) in [7, 11) is 1.57. The largest absolute Gasteiger partial charge is 0.479 e. The van der Waals surface area contributed by atoms with E-state index >= 15 is 0 Å². The monoisotopic (exact) mass is 478 g/mol. The van der Waals surface area contributed by atoms with Crippen LogP contribution in [0.5, 0.6) is 0 Å². The summed E-state index contributed by atoms with van der Waals surface area (Å²) in [6, 6.07) is 16.3. The van der Waals surface area contributed by atoms with Gasteiger partial charge >= 0.3 is 12.1 Å². The van der Waals surface area contributed by atoms with Crippen LogP contribution in [-0.2, 0) is 14.3 Å². The van der Waals surface area contributed by atoms with Crippen molar-refractivity contribution >= 4 is 18.0 Å². The van der Waals surface area contributed by atoms with E-state index in [2.05, 4.69) is 29.6 Å². The van der Waals surface area contributed by atoms with Crippen LogP contribution in [0.3, 0.4) is 0 Å². The number of carboxylic acids is 1. The minimum atomic E-state index is -1.16.